The molecule has 0 aliphatic heterocycles. The Morgan fingerprint density at radius 2 is 0.714 bits per heavy atom. The van der Waals surface area contributed by atoms with Crippen molar-refractivity contribution in [3.05, 3.63) is 0 Å². The quantitative estimate of drug-likeness (QED) is 0.123. The standard InChI is InChI=1S/C16H30O4.C11H20O4/c1-5-13(6-2)19-15(17)11-9-10-12-16(18)20-14(7-3)8-4;1-3-9(4-2)15-11(14)8-6-5-7-10(12)13/h13-14H,5-12H2,1-4H3;9H,3-8H2,1-2H3,(H,12,13). The molecule has 8 nitrogen and oxygen atoms in total. The van der Waals surface area contributed by atoms with Crippen molar-refractivity contribution in [2.45, 2.75) is 150 Å². The van der Waals surface area contributed by atoms with Crippen molar-refractivity contribution in [1.29, 1.82) is 0 Å². The average Bonchev–Trinajstić information content (AvgIpc) is 2.85. The third kappa shape index (κ3) is 22.1. The van der Waals surface area contributed by atoms with E-state index < -0.39 is 5.97 Å². The zero-order valence-electron chi connectivity index (χ0n) is 22.9. The highest BCUT2D eigenvalue weighted by Gasteiger charge is 2.13. The first kappa shape index (κ1) is 35.0. The lowest BCUT2D eigenvalue weighted by molar-refractivity contribution is -0.151. The zero-order valence-corrected chi connectivity index (χ0v) is 22.9. The van der Waals surface area contributed by atoms with Crippen LogP contribution in [-0.2, 0) is 33.4 Å². The Kier molecular flexibility index (Phi) is 23.6. The van der Waals surface area contributed by atoms with Gasteiger partial charge in [-0.25, -0.2) is 0 Å². The summed E-state index contributed by atoms with van der Waals surface area (Å²) in [5, 5.41) is 8.38. The second-order valence-electron chi connectivity index (χ2n) is 8.59. The summed E-state index contributed by atoms with van der Waals surface area (Å²) in [4.78, 5) is 44.5. The molecular formula is C27H50O8. The first-order valence-electron chi connectivity index (χ1n) is 13.5. The Labute approximate surface area is 212 Å². The summed E-state index contributed by atoms with van der Waals surface area (Å²) in [6, 6.07) is 0. The zero-order chi connectivity index (χ0) is 27.1. The van der Waals surface area contributed by atoms with E-state index in [0.717, 1.165) is 38.5 Å². The van der Waals surface area contributed by atoms with Crippen molar-refractivity contribution in [3.8, 4) is 0 Å². The number of hydrogen-bond donors (Lipinski definition) is 1. The van der Waals surface area contributed by atoms with Crippen molar-refractivity contribution in [2.75, 3.05) is 0 Å². The lowest BCUT2D eigenvalue weighted by atomic mass is 10.2. The Hall–Kier alpha value is -2.12. The predicted octanol–water partition coefficient (Wildman–Crippen LogP) is 6.37. The Morgan fingerprint density at radius 3 is 0.914 bits per heavy atom. The third-order valence-electron chi connectivity index (χ3n) is 5.66. The molecule has 35 heavy (non-hydrogen) atoms. The summed E-state index contributed by atoms with van der Waals surface area (Å²) in [6.45, 7) is 12.0. The van der Waals surface area contributed by atoms with Gasteiger partial charge in [0.1, 0.15) is 18.3 Å². The van der Waals surface area contributed by atoms with Crippen molar-refractivity contribution >= 4 is 23.9 Å². The van der Waals surface area contributed by atoms with Gasteiger partial charge in [-0.3, -0.25) is 19.2 Å². The molecule has 0 saturated carbocycles. The van der Waals surface area contributed by atoms with Gasteiger partial charge in [-0.15, -0.1) is 0 Å². The molecule has 0 aliphatic rings. The van der Waals surface area contributed by atoms with Crippen LogP contribution in [0.5, 0.6) is 0 Å². The lowest BCUT2D eigenvalue weighted by Crippen LogP contribution is -2.17. The van der Waals surface area contributed by atoms with E-state index in [1.54, 1.807) is 0 Å². The molecular weight excluding hydrogens is 452 g/mol. The smallest absolute Gasteiger partial charge is 0.306 e. The van der Waals surface area contributed by atoms with Crippen molar-refractivity contribution < 1.29 is 38.5 Å². The van der Waals surface area contributed by atoms with Crippen LogP contribution < -0.4 is 0 Å². The fraction of sp³-hybridized carbons (Fsp3) is 0.852. The Bertz CT molecular complexity index is 536. The number of rotatable bonds is 19. The van der Waals surface area contributed by atoms with Crippen LogP contribution in [0.15, 0.2) is 0 Å². The van der Waals surface area contributed by atoms with Crippen LogP contribution in [0.2, 0.25) is 0 Å². The minimum absolute atomic E-state index is 0.0111. The van der Waals surface area contributed by atoms with E-state index in [0.29, 0.717) is 44.9 Å². The number of carbonyl (C=O) groups excluding carboxylic acids is 3. The largest absolute Gasteiger partial charge is 0.481 e. The molecule has 0 aromatic carbocycles. The predicted molar refractivity (Wildman–Crippen MR) is 136 cm³/mol. The van der Waals surface area contributed by atoms with Gasteiger partial charge < -0.3 is 19.3 Å². The number of hydrogen-bond acceptors (Lipinski definition) is 7. The van der Waals surface area contributed by atoms with Gasteiger partial charge in [0.25, 0.3) is 0 Å². The van der Waals surface area contributed by atoms with Crippen LogP contribution >= 0.6 is 0 Å². The molecule has 206 valence electrons. The number of ether oxygens (including phenoxy) is 3. The second kappa shape index (κ2) is 23.6. The van der Waals surface area contributed by atoms with Crippen LogP contribution in [-0.4, -0.2) is 47.3 Å². The molecule has 0 unspecified atom stereocenters. The molecule has 0 atom stereocenters. The maximum atomic E-state index is 11.5. The molecule has 8 heteroatoms. The van der Waals surface area contributed by atoms with Crippen LogP contribution in [0, 0.1) is 0 Å². The summed E-state index contributed by atoms with van der Waals surface area (Å²) in [5.41, 5.74) is 0. The van der Waals surface area contributed by atoms with Crippen LogP contribution in [0.4, 0.5) is 0 Å². The average molecular weight is 503 g/mol. The van der Waals surface area contributed by atoms with Crippen LogP contribution in [0.25, 0.3) is 0 Å². The molecule has 0 bridgehead atoms. The highest BCUT2D eigenvalue weighted by atomic mass is 16.6. The summed E-state index contributed by atoms with van der Waals surface area (Å²) >= 11 is 0. The van der Waals surface area contributed by atoms with E-state index in [-0.39, 0.29) is 42.6 Å². The molecule has 0 amide bonds. The maximum absolute atomic E-state index is 11.5. The Balaban J connectivity index is 0. The second-order valence-corrected chi connectivity index (χ2v) is 8.59. The first-order chi connectivity index (χ1) is 16.7. The van der Waals surface area contributed by atoms with Crippen molar-refractivity contribution in [3.63, 3.8) is 0 Å². The first-order valence-corrected chi connectivity index (χ1v) is 13.5. The van der Waals surface area contributed by atoms with Gasteiger partial charge in [-0.1, -0.05) is 41.5 Å². The van der Waals surface area contributed by atoms with Gasteiger partial charge in [0.2, 0.25) is 0 Å². The molecule has 0 radical (unpaired) electrons. The fourth-order valence-corrected chi connectivity index (χ4v) is 3.18. The van der Waals surface area contributed by atoms with Gasteiger partial charge in [-0.05, 0) is 64.2 Å². The molecule has 0 fully saturated rings. The summed E-state index contributed by atoms with van der Waals surface area (Å²) in [5.74, 6) is -1.35. The van der Waals surface area contributed by atoms with E-state index in [1.165, 1.54) is 0 Å². The van der Waals surface area contributed by atoms with Gasteiger partial charge in [0.15, 0.2) is 0 Å². The number of aliphatic carboxylic acids is 1. The van der Waals surface area contributed by atoms with Gasteiger partial charge in [0, 0.05) is 25.7 Å². The number of carboxylic acid groups (broad SMARTS) is 1. The maximum Gasteiger partial charge on any atom is 0.306 e. The molecule has 0 saturated heterocycles. The molecule has 0 rings (SSSR count). The molecule has 0 aromatic rings. The molecule has 0 spiro atoms. The molecule has 0 heterocycles. The minimum atomic E-state index is -0.816. The topological polar surface area (TPSA) is 116 Å². The third-order valence-corrected chi connectivity index (χ3v) is 5.66. The van der Waals surface area contributed by atoms with E-state index in [4.69, 9.17) is 19.3 Å². The van der Waals surface area contributed by atoms with E-state index in [9.17, 15) is 19.2 Å². The molecule has 1 N–H and O–H groups in total. The Morgan fingerprint density at radius 1 is 0.486 bits per heavy atom. The number of carboxylic acids is 1. The number of carbonyl (C=O) groups is 4. The molecule has 0 aliphatic carbocycles. The SMILES string of the molecule is CCC(CC)OC(=O)CCCCC(=O)O.CCC(CC)OC(=O)CCCCC(=O)OC(CC)CC. The van der Waals surface area contributed by atoms with Crippen LogP contribution in [0.1, 0.15) is 131 Å². The van der Waals surface area contributed by atoms with E-state index in [1.807, 2.05) is 41.5 Å². The summed E-state index contributed by atoms with van der Waals surface area (Å²) in [7, 11) is 0. The summed E-state index contributed by atoms with van der Waals surface area (Å²) in [6.07, 6.45) is 8.83. The van der Waals surface area contributed by atoms with Gasteiger partial charge in [-0.2, -0.15) is 0 Å². The minimum Gasteiger partial charge on any atom is -0.481 e. The fourth-order valence-electron chi connectivity index (χ4n) is 3.18. The van der Waals surface area contributed by atoms with Crippen molar-refractivity contribution in [2.24, 2.45) is 0 Å². The summed E-state index contributed by atoms with van der Waals surface area (Å²) < 4.78 is 15.8. The normalized spacial score (nSPS) is 10.7. The number of esters is 3. The van der Waals surface area contributed by atoms with Gasteiger partial charge in [0.05, 0.1) is 0 Å². The monoisotopic (exact) mass is 502 g/mol. The van der Waals surface area contributed by atoms with Gasteiger partial charge >= 0.3 is 23.9 Å². The lowest BCUT2D eigenvalue weighted by Gasteiger charge is -2.14. The van der Waals surface area contributed by atoms with Crippen molar-refractivity contribution in [1.82, 2.24) is 0 Å². The molecule has 0 aromatic heterocycles. The highest BCUT2D eigenvalue weighted by Crippen LogP contribution is 2.10. The number of unbranched alkanes of at least 4 members (excludes halogenated alkanes) is 2. The van der Waals surface area contributed by atoms with E-state index >= 15 is 0 Å². The van der Waals surface area contributed by atoms with Crippen LogP contribution in [0.3, 0.4) is 0 Å². The highest BCUT2D eigenvalue weighted by molar-refractivity contribution is 5.71. The van der Waals surface area contributed by atoms with E-state index in [2.05, 4.69) is 0 Å².